The summed E-state index contributed by atoms with van der Waals surface area (Å²) in [5.41, 5.74) is 6.99. The van der Waals surface area contributed by atoms with Gasteiger partial charge in [-0.3, -0.25) is 4.79 Å². The molecule has 112 valence electrons. The molecule has 2 atom stereocenters. The summed E-state index contributed by atoms with van der Waals surface area (Å²) in [7, 11) is 0. The minimum Gasteiger partial charge on any atom is -0.483 e. The SMILES string of the molecule is CCCC(C)NC(=O)COc1ccccc1[C@H](N)CC. The Balaban J connectivity index is 2.55. The van der Waals surface area contributed by atoms with E-state index in [-0.39, 0.29) is 24.6 Å². The van der Waals surface area contributed by atoms with E-state index >= 15 is 0 Å². The highest BCUT2D eigenvalue weighted by Crippen LogP contribution is 2.25. The highest BCUT2D eigenvalue weighted by molar-refractivity contribution is 5.77. The molecule has 1 aromatic carbocycles. The number of nitrogens with two attached hydrogens (primary N) is 1. The second-order valence-electron chi connectivity index (χ2n) is 5.10. The van der Waals surface area contributed by atoms with E-state index in [0.717, 1.165) is 24.8 Å². The molecule has 20 heavy (non-hydrogen) atoms. The first-order chi connectivity index (χ1) is 9.58. The van der Waals surface area contributed by atoms with E-state index in [1.165, 1.54) is 0 Å². The maximum absolute atomic E-state index is 11.8. The van der Waals surface area contributed by atoms with E-state index in [9.17, 15) is 4.79 Å². The van der Waals surface area contributed by atoms with Gasteiger partial charge in [0.05, 0.1) is 0 Å². The average molecular weight is 278 g/mol. The normalized spacial score (nSPS) is 13.6. The fourth-order valence-corrected chi connectivity index (χ4v) is 2.10. The van der Waals surface area contributed by atoms with E-state index in [1.807, 2.05) is 38.1 Å². The molecule has 1 amide bonds. The maximum Gasteiger partial charge on any atom is 0.258 e. The van der Waals surface area contributed by atoms with Crippen molar-refractivity contribution in [1.82, 2.24) is 5.32 Å². The van der Waals surface area contributed by atoms with Crippen LogP contribution in [0.25, 0.3) is 0 Å². The van der Waals surface area contributed by atoms with Crippen LogP contribution in [0.15, 0.2) is 24.3 Å². The van der Waals surface area contributed by atoms with Gasteiger partial charge in [-0.1, -0.05) is 38.5 Å². The smallest absolute Gasteiger partial charge is 0.258 e. The molecule has 0 aromatic heterocycles. The molecule has 0 aliphatic rings. The highest BCUT2D eigenvalue weighted by Gasteiger charge is 2.12. The van der Waals surface area contributed by atoms with Crippen molar-refractivity contribution in [3.05, 3.63) is 29.8 Å². The van der Waals surface area contributed by atoms with Crippen molar-refractivity contribution in [2.75, 3.05) is 6.61 Å². The Morgan fingerprint density at radius 1 is 1.35 bits per heavy atom. The van der Waals surface area contributed by atoms with Crippen LogP contribution >= 0.6 is 0 Å². The Bertz CT molecular complexity index is 421. The van der Waals surface area contributed by atoms with E-state index < -0.39 is 0 Å². The van der Waals surface area contributed by atoms with Crippen LogP contribution in [0.4, 0.5) is 0 Å². The summed E-state index contributed by atoms with van der Waals surface area (Å²) in [5.74, 6) is 0.603. The van der Waals surface area contributed by atoms with Crippen LogP contribution in [0.3, 0.4) is 0 Å². The van der Waals surface area contributed by atoms with Gasteiger partial charge in [0, 0.05) is 17.6 Å². The zero-order valence-electron chi connectivity index (χ0n) is 12.7. The molecular weight excluding hydrogens is 252 g/mol. The number of benzene rings is 1. The van der Waals surface area contributed by atoms with Gasteiger partial charge >= 0.3 is 0 Å². The zero-order valence-corrected chi connectivity index (χ0v) is 12.7. The molecule has 0 radical (unpaired) electrons. The molecular formula is C16H26N2O2. The molecule has 1 rings (SSSR count). The summed E-state index contributed by atoms with van der Waals surface area (Å²) in [5, 5.41) is 2.92. The van der Waals surface area contributed by atoms with Gasteiger partial charge in [-0.25, -0.2) is 0 Å². The molecule has 0 fully saturated rings. The van der Waals surface area contributed by atoms with Crippen molar-refractivity contribution >= 4 is 5.91 Å². The van der Waals surface area contributed by atoms with E-state index in [2.05, 4.69) is 12.2 Å². The lowest BCUT2D eigenvalue weighted by molar-refractivity contribution is -0.123. The van der Waals surface area contributed by atoms with Crippen LogP contribution < -0.4 is 15.8 Å². The van der Waals surface area contributed by atoms with Gasteiger partial charge in [-0.2, -0.15) is 0 Å². The van der Waals surface area contributed by atoms with Gasteiger partial charge in [-0.15, -0.1) is 0 Å². The molecule has 0 spiro atoms. The summed E-state index contributed by atoms with van der Waals surface area (Å²) in [6.45, 7) is 6.16. The molecule has 0 aliphatic heterocycles. The molecule has 0 saturated carbocycles. The fraction of sp³-hybridized carbons (Fsp3) is 0.562. The van der Waals surface area contributed by atoms with Crippen molar-refractivity contribution < 1.29 is 9.53 Å². The van der Waals surface area contributed by atoms with Crippen molar-refractivity contribution in [1.29, 1.82) is 0 Å². The van der Waals surface area contributed by atoms with Gasteiger partial charge in [0.1, 0.15) is 5.75 Å². The van der Waals surface area contributed by atoms with Crippen molar-refractivity contribution in [3.63, 3.8) is 0 Å². The van der Waals surface area contributed by atoms with Crippen molar-refractivity contribution in [2.45, 2.75) is 52.1 Å². The molecule has 0 aliphatic carbocycles. The minimum atomic E-state index is -0.0918. The van der Waals surface area contributed by atoms with Gasteiger partial charge < -0.3 is 15.8 Å². The lowest BCUT2D eigenvalue weighted by Gasteiger charge is -2.17. The van der Waals surface area contributed by atoms with Crippen molar-refractivity contribution in [2.24, 2.45) is 5.73 Å². The second kappa shape index (κ2) is 8.59. The van der Waals surface area contributed by atoms with Gasteiger partial charge in [0.25, 0.3) is 5.91 Å². The molecule has 3 N–H and O–H groups in total. The standard InChI is InChI=1S/C16H26N2O2/c1-4-8-12(3)18-16(19)11-20-15-10-7-6-9-13(15)14(17)5-2/h6-7,9-10,12,14H,4-5,8,11,17H2,1-3H3,(H,18,19)/t12?,14-/m1/s1. The predicted octanol–water partition coefficient (Wildman–Crippen LogP) is 2.78. The Hall–Kier alpha value is -1.55. The largest absolute Gasteiger partial charge is 0.483 e. The van der Waals surface area contributed by atoms with Crippen LogP contribution in [0, 0.1) is 0 Å². The Kier molecular flexibility index (Phi) is 7.09. The van der Waals surface area contributed by atoms with Gasteiger partial charge in [0.15, 0.2) is 6.61 Å². The fourth-order valence-electron chi connectivity index (χ4n) is 2.10. The first kappa shape index (κ1) is 16.5. The monoisotopic (exact) mass is 278 g/mol. The topological polar surface area (TPSA) is 64.3 Å². The molecule has 0 saturated heterocycles. The number of carbonyl (C=O) groups excluding carboxylic acids is 1. The Labute approximate surface area is 121 Å². The first-order valence-corrected chi connectivity index (χ1v) is 7.35. The van der Waals surface area contributed by atoms with Gasteiger partial charge in [0.2, 0.25) is 0 Å². The number of nitrogens with one attached hydrogen (secondary N) is 1. The minimum absolute atomic E-state index is 0.0293. The zero-order chi connectivity index (χ0) is 15.0. The van der Waals surface area contributed by atoms with Crippen LogP contribution in [0.5, 0.6) is 5.75 Å². The lowest BCUT2D eigenvalue weighted by atomic mass is 10.0. The first-order valence-electron chi connectivity index (χ1n) is 7.35. The predicted molar refractivity (Wildman–Crippen MR) is 81.7 cm³/mol. The number of para-hydroxylation sites is 1. The number of amides is 1. The maximum atomic E-state index is 11.8. The summed E-state index contributed by atoms with van der Waals surface area (Å²) < 4.78 is 5.61. The van der Waals surface area contributed by atoms with Crippen LogP contribution in [-0.2, 0) is 4.79 Å². The quantitative estimate of drug-likeness (QED) is 0.768. The van der Waals surface area contributed by atoms with Gasteiger partial charge in [-0.05, 0) is 25.8 Å². The average Bonchev–Trinajstić information content (AvgIpc) is 2.44. The third-order valence-corrected chi connectivity index (χ3v) is 3.25. The van der Waals surface area contributed by atoms with Crippen LogP contribution in [0.1, 0.15) is 51.6 Å². The molecule has 0 bridgehead atoms. The summed E-state index contributed by atoms with van der Waals surface area (Å²) in [6, 6.07) is 7.74. The number of carbonyl (C=O) groups is 1. The number of hydrogen-bond acceptors (Lipinski definition) is 3. The van der Waals surface area contributed by atoms with E-state index in [0.29, 0.717) is 5.75 Å². The number of ether oxygens (including phenoxy) is 1. The second-order valence-corrected chi connectivity index (χ2v) is 5.10. The molecule has 4 nitrogen and oxygen atoms in total. The lowest BCUT2D eigenvalue weighted by Crippen LogP contribution is -2.36. The Morgan fingerprint density at radius 3 is 2.70 bits per heavy atom. The molecule has 1 aromatic rings. The summed E-state index contributed by atoms with van der Waals surface area (Å²) >= 11 is 0. The molecule has 1 unspecified atom stereocenters. The Morgan fingerprint density at radius 2 is 2.05 bits per heavy atom. The van der Waals surface area contributed by atoms with Crippen LogP contribution in [-0.4, -0.2) is 18.6 Å². The summed E-state index contributed by atoms with van der Waals surface area (Å²) in [6.07, 6.45) is 2.86. The number of hydrogen-bond donors (Lipinski definition) is 2. The van der Waals surface area contributed by atoms with E-state index in [1.54, 1.807) is 0 Å². The molecule has 0 heterocycles. The summed E-state index contributed by atoms with van der Waals surface area (Å²) in [4.78, 5) is 11.8. The number of rotatable bonds is 8. The van der Waals surface area contributed by atoms with E-state index in [4.69, 9.17) is 10.5 Å². The third-order valence-electron chi connectivity index (χ3n) is 3.25. The third kappa shape index (κ3) is 5.21. The highest BCUT2D eigenvalue weighted by atomic mass is 16.5. The van der Waals surface area contributed by atoms with Crippen molar-refractivity contribution in [3.8, 4) is 5.75 Å². The van der Waals surface area contributed by atoms with Crippen LogP contribution in [0.2, 0.25) is 0 Å². The molecule has 4 heteroatoms.